The summed E-state index contributed by atoms with van der Waals surface area (Å²) >= 11 is 6.87. The molecule has 9 heteroatoms. The molecule has 1 aromatic heterocycles. The molecule has 0 saturated carbocycles. The first-order valence-corrected chi connectivity index (χ1v) is 14.1. The van der Waals surface area contributed by atoms with Crippen molar-refractivity contribution in [2.75, 3.05) is 18.1 Å². The lowest BCUT2D eigenvalue weighted by atomic mass is 10.0. The van der Waals surface area contributed by atoms with Crippen LogP contribution in [0.2, 0.25) is 0 Å². The molecule has 206 valence electrons. The number of nitrogens with one attached hydrogen (secondary N) is 3. The molecule has 1 amide bonds. The first kappa shape index (κ1) is 30.4. The van der Waals surface area contributed by atoms with Gasteiger partial charge in [0.25, 0.3) is 0 Å². The maximum absolute atomic E-state index is 13.4. The highest BCUT2D eigenvalue weighted by Gasteiger charge is 2.13. The minimum absolute atomic E-state index is 0.0280. The Morgan fingerprint density at radius 3 is 2.73 bits per heavy atom. The minimum atomic E-state index is -0.453. The van der Waals surface area contributed by atoms with Crippen LogP contribution in [0, 0.1) is 25.1 Å². The lowest BCUT2D eigenvalue weighted by Crippen LogP contribution is -2.35. The van der Waals surface area contributed by atoms with E-state index in [0.717, 1.165) is 28.3 Å². The van der Waals surface area contributed by atoms with E-state index in [1.165, 1.54) is 18.2 Å². The topological polar surface area (TPSA) is 75.3 Å². The Kier molecular flexibility index (Phi) is 11.3. The van der Waals surface area contributed by atoms with E-state index in [9.17, 15) is 9.18 Å². The van der Waals surface area contributed by atoms with Gasteiger partial charge >= 0.3 is 0 Å². The van der Waals surface area contributed by atoms with Gasteiger partial charge in [0.1, 0.15) is 17.3 Å². The van der Waals surface area contributed by atoms with Crippen LogP contribution in [0.4, 0.5) is 10.1 Å². The Bertz CT molecular complexity index is 1500. The van der Waals surface area contributed by atoms with Gasteiger partial charge in [-0.3, -0.25) is 9.78 Å². The number of terminal acetylenes is 1. The number of carbonyl (C=O) groups excluding carboxylic acids is 1. The van der Waals surface area contributed by atoms with Gasteiger partial charge in [-0.15, -0.1) is 18.2 Å². The highest BCUT2D eigenvalue weighted by molar-refractivity contribution is 7.98. The van der Waals surface area contributed by atoms with E-state index in [-0.39, 0.29) is 17.4 Å². The normalized spacial score (nSPS) is 11.2. The molecule has 0 unspecified atom stereocenters. The fourth-order valence-corrected chi connectivity index (χ4v) is 4.55. The van der Waals surface area contributed by atoms with Gasteiger partial charge in [0.2, 0.25) is 5.91 Å². The first-order chi connectivity index (χ1) is 19.2. The van der Waals surface area contributed by atoms with Crippen LogP contribution in [0.15, 0.2) is 71.4 Å². The third kappa shape index (κ3) is 8.70. The van der Waals surface area contributed by atoms with Crippen molar-refractivity contribution in [2.45, 2.75) is 32.1 Å². The summed E-state index contributed by atoms with van der Waals surface area (Å²) in [6.45, 7) is 6.86. The zero-order valence-corrected chi connectivity index (χ0v) is 24.4. The molecular weight excluding hydrogens is 543 g/mol. The second kappa shape index (κ2) is 14.9. The zero-order chi connectivity index (χ0) is 29.1. The Labute approximate surface area is 244 Å². The molecule has 3 rings (SSSR count). The van der Waals surface area contributed by atoms with Gasteiger partial charge in [-0.25, -0.2) is 4.39 Å². The fraction of sp³-hybridized carbons (Fsp3) is 0.194. The number of thiocarbonyl (C=S) groups is 1. The highest BCUT2D eigenvalue weighted by Crippen LogP contribution is 2.35. The smallest absolute Gasteiger partial charge is 0.230 e. The Balaban J connectivity index is 1.66. The van der Waals surface area contributed by atoms with Crippen molar-refractivity contribution in [3.05, 3.63) is 94.7 Å². The molecule has 3 N–H and O–H groups in total. The van der Waals surface area contributed by atoms with Gasteiger partial charge in [-0.1, -0.05) is 18.1 Å². The van der Waals surface area contributed by atoms with E-state index in [4.69, 9.17) is 23.4 Å². The Hall–Kier alpha value is -4.13. The van der Waals surface area contributed by atoms with Gasteiger partial charge in [0, 0.05) is 30.1 Å². The third-order valence-corrected chi connectivity index (χ3v) is 6.64. The third-order valence-electron chi connectivity index (χ3n) is 5.62. The van der Waals surface area contributed by atoms with Crippen LogP contribution < -0.4 is 20.7 Å². The van der Waals surface area contributed by atoms with E-state index in [2.05, 4.69) is 26.9 Å². The number of aryl methyl sites for hydroxylation is 1. The SMILES string of the molecule is C#Cc1cc(F)ccc1CC(=O)NC(=S)Nc1ccc(Oc2ccnc(/C=C/C(C)=C/NCC)c2SC)c(C)c1. The summed E-state index contributed by atoms with van der Waals surface area (Å²) in [5, 5.41) is 8.97. The van der Waals surface area contributed by atoms with Crippen LogP contribution in [-0.2, 0) is 11.2 Å². The number of rotatable bonds is 10. The quantitative estimate of drug-likeness (QED) is 0.109. The zero-order valence-electron chi connectivity index (χ0n) is 22.8. The molecular formula is C31H31FN4O2S2. The number of hydrogen-bond donors (Lipinski definition) is 3. The maximum Gasteiger partial charge on any atom is 0.230 e. The molecule has 6 nitrogen and oxygen atoms in total. The van der Waals surface area contributed by atoms with Crippen molar-refractivity contribution < 1.29 is 13.9 Å². The molecule has 0 atom stereocenters. The summed E-state index contributed by atoms with van der Waals surface area (Å²) in [5.41, 5.74) is 4.34. The monoisotopic (exact) mass is 574 g/mol. The van der Waals surface area contributed by atoms with E-state index in [0.29, 0.717) is 28.3 Å². The van der Waals surface area contributed by atoms with E-state index in [1.807, 2.05) is 69.6 Å². The van der Waals surface area contributed by atoms with Crippen LogP contribution in [0.25, 0.3) is 6.08 Å². The summed E-state index contributed by atoms with van der Waals surface area (Å²) in [5.74, 6) is 2.96. The molecule has 0 spiro atoms. The molecule has 0 radical (unpaired) electrons. The maximum atomic E-state index is 13.4. The number of thioether (sulfide) groups is 1. The number of hydrogen-bond acceptors (Lipinski definition) is 6. The van der Waals surface area contributed by atoms with Crippen molar-refractivity contribution in [2.24, 2.45) is 0 Å². The van der Waals surface area contributed by atoms with Gasteiger partial charge < -0.3 is 20.7 Å². The van der Waals surface area contributed by atoms with Crippen molar-refractivity contribution in [3.63, 3.8) is 0 Å². The summed E-state index contributed by atoms with van der Waals surface area (Å²) in [7, 11) is 0. The Morgan fingerprint density at radius 1 is 1.23 bits per heavy atom. The molecule has 0 aliphatic rings. The number of carbonyl (C=O) groups is 1. The summed E-state index contributed by atoms with van der Waals surface area (Å²) < 4.78 is 19.7. The second-order valence-corrected chi connectivity index (χ2v) is 9.94. The molecule has 2 aromatic carbocycles. The highest BCUT2D eigenvalue weighted by atomic mass is 32.2. The second-order valence-electron chi connectivity index (χ2n) is 8.71. The van der Waals surface area contributed by atoms with E-state index in [1.54, 1.807) is 18.0 Å². The Morgan fingerprint density at radius 2 is 2.02 bits per heavy atom. The molecule has 0 aliphatic carbocycles. The summed E-state index contributed by atoms with van der Waals surface area (Å²) in [4.78, 5) is 17.9. The van der Waals surface area contributed by atoms with Crippen LogP contribution in [0.5, 0.6) is 11.5 Å². The van der Waals surface area contributed by atoms with Gasteiger partial charge in [0.05, 0.1) is 17.0 Å². The number of ether oxygens (including phenoxy) is 1. The van der Waals surface area contributed by atoms with Crippen molar-refractivity contribution in [1.29, 1.82) is 0 Å². The number of halogens is 1. The molecule has 0 aliphatic heterocycles. The van der Waals surface area contributed by atoms with Crippen molar-refractivity contribution in [3.8, 4) is 23.8 Å². The summed E-state index contributed by atoms with van der Waals surface area (Å²) in [6.07, 6.45) is 15.1. The lowest BCUT2D eigenvalue weighted by molar-refractivity contribution is -0.119. The number of aromatic nitrogens is 1. The molecule has 0 fully saturated rings. The predicted octanol–water partition coefficient (Wildman–Crippen LogP) is 6.61. The van der Waals surface area contributed by atoms with E-state index >= 15 is 0 Å². The van der Waals surface area contributed by atoms with Crippen molar-refractivity contribution >= 4 is 46.8 Å². The predicted molar refractivity (Wildman–Crippen MR) is 166 cm³/mol. The van der Waals surface area contributed by atoms with Gasteiger partial charge in [-0.05, 0) is 98.6 Å². The standard InChI is InChI=1S/C31H31FN4O2S2/c1-6-22-17-24(32)10-9-23(22)18-29(37)36-31(39)35-25-11-13-27(21(4)16-25)38-28-14-15-34-26(30(28)40-5)12-8-20(3)19-33-7-2/h1,8-17,19,33H,7,18H2,2-5H3,(H2,35,36,37,39)/b12-8+,20-19+. The average molecular weight is 575 g/mol. The number of amides is 1. The van der Waals surface area contributed by atoms with E-state index < -0.39 is 5.82 Å². The van der Waals surface area contributed by atoms with Gasteiger partial charge in [0.15, 0.2) is 5.11 Å². The number of nitrogens with zero attached hydrogens (tertiary/aromatic N) is 1. The molecule has 40 heavy (non-hydrogen) atoms. The first-order valence-electron chi connectivity index (χ1n) is 12.5. The van der Waals surface area contributed by atoms with Crippen LogP contribution in [0.1, 0.15) is 36.2 Å². The van der Waals surface area contributed by atoms with Crippen LogP contribution >= 0.6 is 24.0 Å². The lowest BCUT2D eigenvalue weighted by Gasteiger charge is -2.15. The molecule has 0 bridgehead atoms. The fourth-order valence-electron chi connectivity index (χ4n) is 3.68. The van der Waals surface area contributed by atoms with Crippen LogP contribution in [0.3, 0.4) is 0 Å². The minimum Gasteiger partial charge on any atom is -0.456 e. The molecule has 1 heterocycles. The number of benzene rings is 2. The van der Waals surface area contributed by atoms with Gasteiger partial charge in [-0.2, -0.15) is 0 Å². The average Bonchev–Trinajstić information content (AvgIpc) is 2.93. The molecule has 0 saturated heterocycles. The molecule has 3 aromatic rings. The largest absolute Gasteiger partial charge is 0.456 e. The number of pyridine rings is 1. The summed E-state index contributed by atoms with van der Waals surface area (Å²) in [6, 6.07) is 11.4. The van der Waals surface area contributed by atoms with Crippen LogP contribution in [-0.4, -0.2) is 28.8 Å². The number of anilines is 1. The van der Waals surface area contributed by atoms with Crippen molar-refractivity contribution in [1.82, 2.24) is 15.6 Å². The number of allylic oxidation sites excluding steroid dienone is 2.